The van der Waals surface area contributed by atoms with Crippen molar-refractivity contribution in [2.75, 3.05) is 40.1 Å². The van der Waals surface area contributed by atoms with Crippen molar-refractivity contribution < 1.29 is 9.53 Å². The van der Waals surface area contributed by atoms with Crippen LogP contribution < -0.4 is 5.32 Å². The molecule has 1 N–H and O–H groups in total. The normalized spacial score (nSPS) is 12.6. The molecule has 1 aromatic heterocycles. The number of thioether (sulfide) groups is 1. The maximum absolute atomic E-state index is 11.9. The molecule has 0 aliphatic rings. The van der Waals surface area contributed by atoms with E-state index in [1.807, 2.05) is 0 Å². The van der Waals surface area contributed by atoms with Crippen LogP contribution in [-0.2, 0) is 16.1 Å². The van der Waals surface area contributed by atoms with Gasteiger partial charge in [0.25, 0.3) is 0 Å². The predicted molar refractivity (Wildman–Crippen MR) is 97.3 cm³/mol. The number of methoxy groups -OCH3 is 1. The third-order valence-electron chi connectivity index (χ3n) is 3.75. The minimum absolute atomic E-state index is 0.0108. The maximum Gasteiger partial charge on any atom is 0.230 e. The molecule has 8 heteroatoms. The molecule has 1 aromatic rings. The first-order valence-corrected chi connectivity index (χ1v) is 9.51. The van der Waals surface area contributed by atoms with E-state index in [0.29, 0.717) is 18.9 Å². The van der Waals surface area contributed by atoms with Gasteiger partial charge >= 0.3 is 0 Å². The topological polar surface area (TPSA) is 72.3 Å². The Bertz CT molecular complexity index is 493. The van der Waals surface area contributed by atoms with Gasteiger partial charge in [0.1, 0.15) is 0 Å². The number of carbonyl (C=O) groups is 1. The number of carbonyl (C=O) groups excluding carboxylic acids is 1. The lowest BCUT2D eigenvalue weighted by Crippen LogP contribution is -2.28. The summed E-state index contributed by atoms with van der Waals surface area (Å²) in [5.41, 5.74) is 0. The van der Waals surface area contributed by atoms with Crippen molar-refractivity contribution in [3.63, 3.8) is 0 Å². The molecule has 0 aliphatic carbocycles. The third-order valence-corrected chi connectivity index (χ3v) is 4.72. The quantitative estimate of drug-likeness (QED) is 0.455. The van der Waals surface area contributed by atoms with E-state index in [1.165, 1.54) is 11.8 Å². The van der Waals surface area contributed by atoms with E-state index in [9.17, 15) is 4.79 Å². The van der Waals surface area contributed by atoms with Crippen molar-refractivity contribution in [3.05, 3.63) is 5.82 Å². The Morgan fingerprint density at radius 2 is 2.12 bits per heavy atom. The van der Waals surface area contributed by atoms with Gasteiger partial charge in [-0.15, -0.1) is 10.2 Å². The van der Waals surface area contributed by atoms with E-state index in [4.69, 9.17) is 4.74 Å². The van der Waals surface area contributed by atoms with Crippen LogP contribution in [0.2, 0.25) is 0 Å². The molecule has 0 unspecified atom stereocenters. The Morgan fingerprint density at radius 3 is 2.71 bits per heavy atom. The Morgan fingerprint density at radius 1 is 1.38 bits per heavy atom. The Balaban J connectivity index is 2.78. The van der Waals surface area contributed by atoms with Gasteiger partial charge in [-0.1, -0.05) is 32.0 Å². The van der Waals surface area contributed by atoms with Crippen LogP contribution >= 0.6 is 11.8 Å². The summed E-state index contributed by atoms with van der Waals surface area (Å²) in [7, 11) is 5.74. The van der Waals surface area contributed by atoms with Crippen LogP contribution in [0.1, 0.15) is 45.0 Å². The van der Waals surface area contributed by atoms with Crippen LogP contribution in [-0.4, -0.2) is 65.7 Å². The lowest BCUT2D eigenvalue weighted by Gasteiger charge is -2.23. The first kappa shape index (κ1) is 20.9. The van der Waals surface area contributed by atoms with E-state index in [-0.39, 0.29) is 11.9 Å². The van der Waals surface area contributed by atoms with Crippen molar-refractivity contribution in [1.29, 1.82) is 0 Å². The number of hydrogen-bond acceptors (Lipinski definition) is 6. The molecule has 0 aromatic carbocycles. The monoisotopic (exact) mass is 357 g/mol. The fourth-order valence-electron chi connectivity index (χ4n) is 2.43. The fourth-order valence-corrected chi connectivity index (χ4v) is 3.23. The second-order valence-corrected chi connectivity index (χ2v) is 6.81. The number of ether oxygens (including phenoxy) is 1. The average molecular weight is 358 g/mol. The van der Waals surface area contributed by atoms with Gasteiger partial charge in [-0.25, -0.2) is 0 Å². The van der Waals surface area contributed by atoms with Crippen molar-refractivity contribution >= 4 is 17.7 Å². The number of hydrogen-bond donors (Lipinski definition) is 1. The lowest BCUT2D eigenvalue weighted by atomic mass is 10.2. The molecule has 0 aliphatic heterocycles. The standard InChI is InChI=1S/C16H31N5O2S/c1-6-8-10-21-15(13(7-2)20(3)4)18-19-16(21)24-12-14(22)17-9-11-23-5/h13H,6-12H2,1-5H3,(H,17,22)/t13-/m1/s1. The molecule has 7 nitrogen and oxygen atoms in total. The van der Waals surface area contributed by atoms with E-state index >= 15 is 0 Å². The molecule has 0 fully saturated rings. The highest BCUT2D eigenvalue weighted by Crippen LogP contribution is 2.25. The minimum atomic E-state index is -0.0108. The number of nitrogens with one attached hydrogen (secondary N) is 1. The first-order chi connectivity index (χ1) is 11.5. The highest BCUT2D eigenvalue weighted by molar-refractivity contribution is 7.99. The summed E-state index contributed by atoms with van der Waals surface area (Å²) in [6.07, 6.45) is 3.15. The van der Waals surface area contributed by atoms with Crippen molar-refractivity contribution in [2.45, 2.75) is 50.9 Å². The highest BCUT2D eigenvalue weighted by atomic mass is 32.2. The van der Waals surface area contributed by atoms with Crippen LogP contribution in [0.4, 0.5) is 0 Å². The number of amides is 1. The zero-order valence-corrected chi connectivity index (χ0v) is 16.4. The number of aromatic nitrogens is 3. The molecule has 0 bridgehead atoms. The molecular formula is C16H31N5O2S. The van der Waals surface area contributed by atoms with Gasteiger partial charge in [-0.2, -0.15) is 0 Å². The summed E-state index contributed by atoms with van der Waals surface area (Å²) in [4.78, 5) is 14.0. The van der Waals surface area contributed by atoms with Crippen LogP contribution in [0.25, 0.3) is 0 Å². The van der Waals surface area contributed by atoms with Crippen LogP contribution in [0.3, 0.4) is 0 Å². The molecule has 0 radical (unpaired) electrons. The largest absolute Gasteiger partial charge is 0.383 e. The predicted octanol–water partition coefficient (Wildman–Crippen LogP) is 1.95. The second-order valence-electron chi connectivity index (χ2n) is 5.87. The molecule has 1 rings (SSSR count). The fraction of sp³-hybridized carbons (Fsp3) is 0.812. The zero-order chi connectivity index (χ0) is 17.9. The summed E-state index contributed by atoms with van der Waals surface area (Å²) in [6, 6.07) is 0.235. The van der Waals surface area contributed by atoms with Gasteiger partial charge < -0.3 is 14.6 Å². The van der Waals surface area contributed by atoms with E-state index < -0.39 is 0 Å². The van der Waals surface area contributed by atoms with Gasteiger partial charge in [0.15, 0.2) is 11.0 Å². The van der Waals surface area contributed by atoms with Gasteiger partial charge in [0.05, 0.1) is 18.4 Å². The molecule has 0 spiro atoms. The van der Waals surface area contributed by atoms with E-state index in [0.717, 1.165) is 36.8 Å². The Labute approximate surface area is 149 Å². The molecule has 24 heavy (non-hydrogen) atoms. The summed E-state index contributed by atoms with van der Waals surface area (Å²) in [5.74, 6) is 1.31. The molecule has 138 valence electrons. The smallest absolute Gasteiger partial charge is 0.230 e. The van der Waals surface area contributed by atoms with Crippen LogP contribution in [0, 0.1) is 0 Å². The maximum atomic E-state index is 11.9. The van der Waals surface area contributed by atoms with Gasteiger partial charge in [-0.05, 0) is 26.9 Å². The molecule has 1 amide bonds. The number of unbranched alkanes of at least 4 members (excludes halogenated alkanes) is 1. The summed E-state index contributed by atoms with van der Waals surface area (Å²) >= 11 is 1.44. The lowest BCUT2D eigenvalue weighted by molar-refractivity contribution is -0.118. The van der Waals surface area contributed by atoms with Crippen LogP contribution in [0.15, 0.2) is 5.16 Å². The summed E-state index contributed by atoms with van der Waals surface area (Å²) < 4.78 is 7.10. The summed E-state index contributed by atoms with van der Waals surface area (Å²) in [5, 5.41) is 12.4. The highest BCUT2D eigenvalue weighted by Gasteiger charge is 2.22. The zero-order valence-electron chi connectivity index (χ0n) is 15.5. The van der Waals surface area contributed by atoms with Crippen molar-refractivity contribution in [3.8, 4) is 0 Å². The SMILES string of the molecule is CCCCn1c(SCC(=O)NCCOC)nnc1[C@@H](CC)N(C)C. The van der Waals surface area contributed by atoms with Crippen molar-refractivity contribution in [1.82, 2.24) is 25.0 Å². The third kappa shape index (κ3) is 6.41. The van der Waals surface area contributed by atoms with E-state index in [2.05, 4.69) is 52.9 Å². The van der Waals surface area contributed by atoms with Gasteiger partial charge in [0.2, 0.25) is 5.91 Å². The Kier molecular flexibility index (Phi) is 9.97. The van der Waals surface area contributed by atoms with E-state index in [1.54, 1.807) is 7.11 Å². The molecule has 1 heterocycles. The first-order valence-electron chi connectivity index (χ1n) is 8.53. The molecule has 0 saturated heterocycles. The molecule has 0 saturated carbocycles. The Hall–Kier alpha value is -1.12. The molecular weight excluding hydrogens is 326 g/mol. The number of rotatable bonds is 12. The van der Waals surface area contributed by atoms with Gasteiger partial charge in [0, 0.05) is 20.2 Å². The number of nitrogens with zero attached hydrogens (tertiary/aromatic N) is 4. The minimum Gasteiger partial charge on any atom is -0.383 e. The van der Waals surface area contributed by atoms with Gasteiger partial charge in [-0.3, -0.25) is 9.69 Å². The van der Waals surface area contributed by atoms with Crippen molar-refractivity contribution in [2.24, 2.45) is 0 Å². The average Bonchev–Trinajstić information content (AvgIpc) is 2.94. The van der Waals surface area contributed by atoms with Crippen LogP contribution in [0.5, 0.6) is 0 Å². The summed E-state index contributed by atoms with van der Waals surface area (Å²) in [6.45, 7) is 6.26. The second kappa shape index (κ2) is 11.4. The molecule has 1 atom stereocenters.